The van der Waals surface area contributed by atoms with Crippen LogP contribution >= 0.6 is 23.1 Å². The first-order chi connectivity index (χ1) is 13.2. The highest BCUT2D eigenvalue weighted by molar-refractivity contribution is 8.01. The molecular formula is C19H12N4O2S2. The number of hydrogen-bond donors (Lipinski definition) is 0. The summed E-state index contributed by atoms with van der Waals surface area (Å²) in [7, 11) is 1.25. The van der Waals surface area contributed by atoms with Crippen molar-refractivity contribution in [1.29, 1.82) is 5.26 Å². The molecule has 0 spiro atoms. The van der Waals surface area contributed by atoms with Crippen LogP contribution in [0.4, 0.5) is 0 Å². The van der Waals surface area contributed by atoms with E-state index in [9.17, 15) is 10.1 Å². The number of aromatic nitrogens is 3. The number of ether oxygens (including phenoxy) is 1. The molecule has 2 heterocycles. The third-order valence-corrected chi connectivity index (χ3v) is 5.95. The topological polar surface area (TPSA) is 88.8 Å². The van der Waals surface area contributed by atoms with Crippen molar-refractivity contribution in [3.05, 3.63) is 54.2 Å². The molecule has 0 saturated carbocycles. The number of hydrogen-bond acceptors (Lipinski definition) is 8. The molecule has 0 aliphatic carbocycles. The highest BCUT2D eigenvalue weighted by Gasteiger charge is 2.28. The first kappa shape index (κ1) is 17.4. The van der Waals surface area contributed by atoms with Gasteiger partial charge in [0.05, 0.1) is 34.4 Å². The number of esters is 1. The molecule has 0 amide bonds. The number of methoxy groups -OCH3 is 1. The van der Waals surface area contributed by atoms with Crippen LogP contribution in [0.1, 0.15) is 11.6 Å². The predicted molar refractivity (Wildman–Crippen MR) is 104 cm³/mol. The zero-order chi connectivity index (χ0) is 18.8. The third kappa shape index (κ3) is 3.35. The minimum absolute atomic E-state index is 0.285. The molecule has 8 heteroatoms. The lowest BCUT2D eigenvalue weighted by Crippen LogP contribution is -2.15. The van der Waals surface area contributed by atoms with Crippen LogP contribution in [0, 0.1) is 11.3 Å². The average molecular weight is 392 g/mol. The van der Waals surface area contributed by atoms with Crippen LogP contribution in [0.3, 0.4) is 0 Å². The van der Waals surface area contributed by atoms with Gasteiger partial charge in [-0.2, -0.15) is 5.26 Å². The summed E-state index contributed by atoms with van der Waals surface area (Å²) in [5, 5.41) is 9.99. The summed E-state index contributed by atoms with van der Waals surface area (Å²) in [6, 6.07) is 17.1. The molecule has 0 unspecified atom stereocenters. The molecule has 4 rings (SSSR count). The molecule has 132 valence electrons. The fourth-order valence-electron chi connectivity index (χ4n) is 2.58. The van der Waals surface area contributed by atoms with E-state index < -0.39 is 11.9 Å². The van der Waals surface area contributed by atoms with Gasteiger partial charge in [-0.25, -0.2) is 15.0 Å². The molecule has 27 heavy (non-hydrogen) atoms. The second-order valence-corrected chi connectivity index (χ2v) is 7.80. The minimum Gasteiger partial charge on any atom is -0.468 e. The molecular weight excluding hydrogens is 380 g/mol. The number of rotatable bonds is 4. The van der Waals surface area contributed by atoms with Crippen molar-refractivity contribution in [1.82, 2.24) is 15.0 Å². The summed E-state index contributed by atoms with van der Waals surface area (Å²) in [5.74, 6) is -1.81. The van der Waals surface area contributed by atoms with E-state index in [4.69, 9.17) is 4.74 Å². The van der Waals surface area contributed by atoms with Crippen LogP contribution in [0.25, 0.3) is 21.3 Å². The molecule has 2 aromatic carbocycles. The van der Waals surface area contributed by atoms with Crippen molar-refractivity contribution in [2.75, 3.05) is 7.11 Å². The van der Waals surface area contributed by atoms with Gasteiger partial charge in [-0.3, -0.25) is 4.79 Å². The fraction of sp³-hybridized carbons (Fsp3) is 0.105. The molecule has 6 nitrogen and oxygen atoms in total. The molecule has 1 atom stereocenters. The summed E-state index contributed by atoms with van der Waals surface area (Å²) >= 11 is 2.83. The van der Waals surface area contributed by atoms with Crippen molar-refractivity contribution in [2.24, 2.45) is 0 Å². The zero-order valence-electron chi connectivity index (χ0n) is 14.1. The first-order valence-corrected chi connectivity index (χ1v) is 9.60. The number of benzene rings is 2. The average Bonchev–Trinajstić information content (AvgIpc) is 3.11. The van der Waals surface area contributed by atoms with Crippen LogP contribution in [0.2, 0.25) is 0 Å². The smallest absolute Gasteiger partial charge is 0.329 e. The Bertz CT molecular complexity index is 1170. The number of carbonyl (C=O) groups is 1. The zero-order valence-corrected chi connectivity index (χ0v) is 15.8. The SMILES string of the molecule is COC(=O)[C@@H](C#N)c1nc2ccccc2nc1Sc1nc2ccccc2s1. The Morgan fingerprint density at radius 1 is 1.07 bits per heavy atom. The maximum absolute atomic E-state index is 12.1. The van der Waals surface area contributed by atoms with Crippen molar-refractivity contribution in [3.8, 4) is 6.07 Å². The molecule has 0 N–H and O–H groups in total. The number of nitriles is 1. The minimum atomic E-state index is -1.15. The molecule has 0 radical (unpaired) electrons. The van der Waals surface area contributed by atoms with Crippen LogP contribution in [-0.4, -0.2) is 28.0 Å². The Balaban J connectivity index is 1.85. The van der Waals surface area contributed by atoms with Crippen molar-refractivity contribution < 1.29 is 9.53 Å². The maximum atomic E-state index is 12.1. The van der Waals surface area contributed by atoms with Gasteiger partial charge in [0.1, 0.15) is 10.7 Å². The number of para-hydroxylation sites is 3. The van der Waals surface area contributed by atoms with E-state index >= 15 is 0 Å². The predicted octanol–water partition coefficient (Wildman–Crippen LogP) is 4.17. The largest absolute Gasteiger partial charge is 0.468 e. The van der Waals surface area contributed by atoms with Gasteiger partial charge in [0.25, 0.3) is 0 Å². The standard InChI is InChI=1S/C19H12N4O2S2/c1-25-18(24)11(10-20)16-17(22-13-7-3-2-6-12(13)21-16)27-19-23-14-8-4-5-9-15(14)26-19/h2-9,11H,1H3/t11-/m0/s1. The van der Waals surface area contributed by atoms with Crippen molar-refractivity contribution in [3.63, 3.8) is 0 Å². The quantitative estimate of drug-likeness (QED) is 0.482. The van der Waals surface area contributed by atoms with E-state index in [1.807, 2.05) is 48.5 Å². The van der Waals surface area contributed by atoms with Gasteiger partial charge in [0.2, 0.25) is 0 Å². The molecule has 0 fully saturated rings. The molecule has 0 aliphatic heterocycles. The van der Waals surface area contributed by atoms with Gasteiger partial charge in [-0.05, 0) is 36.0 Å². The molecule has 0 bridgehead atoms. The van der Waals surface area contributed by atoms with E-state index in [1.54, 1.807) is 6.07 Å². The Labute approximate surface area is 162 Å². The lowest BCUT2D eigenvalue weighted by atomic mass is 10.1. The molecule has 0 saturated heterocycles. The summed E-state index contributed by atoms with van der Waals surface area (Å²) in [6.45, 7) is 0. The highest BCUT2D eigenvalue weighted by atomic mass is 32.2. The van der Waals surface area contributed by atoms with Crippen molar-refractivity contribution >= 4 is 50.3 Å². The first-order valence-electron chi connectivity index (χ1n) is 7.97. The number of nitrogens with zero attached hydrogens (tertiary/aromatic N) is 4. The number of thiazole rings is 1. The van der Waals surface area contributed by atoms with Gasteiger partial charge in [0.15, 0.2) is 10.3 Å². The third-order valence-electron chi connectivity index (χ3n) is 3.86. The molecule has 4 aromatic rings. The number of carbonyl (C=O) groups excluding carboxylic acids is 1. The summed E-state index contributed by atoms with van der Waals surface area (Å²) in [5.41, 5.74) is 2.48. The van der Waals surface area contributed by atoms with E-state index in [0.717, 1.165) is 14.6 Å². The number of fused-ring (bicyclic) bond motifs is 2. The summed E-state index contributed by atoms with van der Waals surface area (Å²) in [6.07, 6.45) is 0. The van der Waals surface area contributed by atoms with Gasteiger partial charge in [-0.1, -0.05) is 24.3 Å². The molecule has 0 aliphatic rings. The van der Waals surface area contributed by atoms with Gasteiger partial charge >= 0.3 is 5.97 Å². The summed E-state index contributed by atoms with van der Waals surface area (Å²) in [4.78, 5) is 25.9. The highest BCUT2D eigenvalue weighted by Crippen LogP contribution is 2.37. The van der Waals surface area contributed by atoms with Gasteiger partial charge < -0.3 is 4.74 Å². The normalized spacial score (nSPS) is 12.0. The van der Waals surface area contributed by atoms with Crippen LogP contribution in [0.15, 0.2) is 57.9 Å². The second-order valence-electron chi connectivity index (χ2n) is 5.54. The van der Waals surface area contributed by atoms with Crippen LogP contribution in [-0.2, 0) is 9.53 Å². The summed E-state index contributed by atoms with van der Waals surface area (Å²) < 4.78 is 6.59. The van der Waals surface area contributed by atoms with E-state index in [-0.39, 0.29) is 5.69 Å². The van der Waals surface area contributed by atoms with E-state index in [0.29, 0.717) is 16.1 Å². The Hall–Kier alpha value is -3.02. The van der Waals surface area contributed by atoms with Gasteiger partial charge in [0, 0.05) is 0 Å². The fourth-order valence-corrected chi connectivity index (χ4v) is 4.67. The molecule has 2 aromatic heterocycles. The van der Waals surface area contributed by atoms with Crippen molar-refractivity contribution in [2.45, 2.75) is 15.3 Å². The van der Waals surface area contributed by atoms with E-state index in [2.05, 4.69) is 15.0 Å². The van der Waals surface area contributed by atoms with Crippen LogP contribution in [0.5, 0.6) is 0 Å². The Kier molecular flexibility index (Phi) is 4.71. The maximum Gasteiger partial charge on any atom is 0.329 e. The second kappa shape index (κ2) is 7.31. The lowest BCUT2D eigenvalue weighted by Gasteiger charge is -2.11. The Morgan fingerprint density at radius 2 is 1.74 bits per heavy atom. The van der Waals surface area contributed by atoms with Crippen LogP contribution < -0.4 is 0 Å². The van der Waals surface area contributed by atoms with E-state index in [1.165, 1.54) is 30.2 Å². The monoisotopic (exact) mass is 392 g/mol. The lowest BCUT2D eigenvalue weighted by molar-refractivity contribution is -0.141. The Morgan fingerprint density at radius 3 is 2.41 bits per heavy atom. The van der Waals surface area contributed by atoms with Gasteiger partial charge in [-0.15, -0.1) is 11.3 Å².